The molecule has 114 valence electrons. The molecule has 20 heavy (non-hydrogen) atoms. The van der Waals surface area contributed by atoms with Crippen LogP contribution in [-0.2, 0) is 17.8 Å². The van der Waals surface area contributed by atoms with Crippen LogP contribution in [0.4, 0.5) is 0 Å². The molecule has 0 heterocycles. The molecule has 0 aliphatic rings. The zero-order chi connectivity index (χ0) is 14.8. The second-order valence-corrected chi connectivity index (χ2v) is 5.17. The maximum Gasteiger partial charge on any atom is 0.0615 e. The highest BCUT2D eigenvalue weighted by molar-refractivity contribution is 5.27. The van der Waals surface area contributed by atoms with Crippen LogP contribution in [0.5, 0.6) is 0 Å². The van der Waals surface area contributed by atoms with Crippen LogP contribution < -0.4 is 5.32 Å². The number of nitrogens with one attached hydrogen (secondary N) is 1. The van der Waals surface area contributed by atoms with Crippen molar-refractivity contribution in [3.8, 4) is 0 Å². The molecule has 1 atom stereocenters. The summed E-state index contributed by atoms with van der Waals surface area (Å²) in [5.74, 6) is 0. The van der Waals surface area contributed by atoms with E-state index in [9.17, 15) is 0 Å². The molecule has 1 rings (SSSR count). The molecule has 0 radical (unpaired) electrons. The van der Waals surface area contributed by atoms with Gasteiger partial charge in [-0.2, -0.15) is 0 Å². The Morgan fingerprint density at radius 3 is 2.30 bits per heavy atom. The molecule has 3 nitrogen and oxygen atoms in total. The van der Waals surface area contributed by atoms with Crippen molar-refractivity contribution in [2.24, 2.45) is 0 Å². The van der Waals surface area contributed by atoms with Gasteiger partial charge in [0.2, 0.25) is 0 Å². The Balaban J connectivity index is 2.65. The highest BCUT2D eigenvalue weighted by Gasteiger charge is 2.09. The zero-order valence-corrected chi connectivity index (χ0v) is 13.5. The predicted octanol–water partition coefficient (Wildman–Crippen LogP) is 3.04. The molecule has 1 N–H and O–H groups in total. The average Bonchev–Trinajstić information content (AvgIpc) is 2.50. The summed E-state index contributed by atoms with van der Waals surface area (Å²) in [7, 11) is 1.76. The van der Waals surface area contributed by atoms with E-state index in [1.54, 1.807) is 7.11 Å². The normalized spacial score (nSPS) is 12.8. The van der Waals surface area contributed by atoms with Crippen molar-refractivity contribution < 1.29 is 4.74 Å². The van der Waals surface area contributed by atoms with Crippen LogP contribution >= 0.6 is 0 Å². The Morgan fingerprint density at radius 2 is 1.75 bits per heavy atom. The first kappa shape index (κ1) is 17.2. The lowest BCUT2D eigenvalue weighted by Gasteiger charge is -2.21. The first-order valence-corrected chi connectivity index (χ1v) is 7.76. The second kappa shape index (κ2) is 9.92. The van der Waals surface area contributed by atoms with Crippen LogP contribution in [0.25, 0.3) is 0 Å². The predicted molar refractivity (Wildman–Crippen MR) is 85.9 cm³/mol. The van der Waals surface area contributed by atoms with Gasteiger partial charge in [-0.25, -0.2) is 0 Å². The lowest BCUT2D eigenvalue weighted by Crippen LogP contribution is -2.32. The summed E-state index contributed by atoms with van der Waals surface area (Å²) in [6, 6.07) is 9.16. The van der Waals surface area contributed by atoms with Crippen molar-refractivity contribution in [3.05, 3.63) is 35.4 Å². The molecule has 0 aliphatic heterocycles. The van der Waals surface area contributed by atoms with E-state index in [4.69, 9.17) is 4.74 Å². The number of hydrogen-bond donors (Lipinski definition) is 1. The first-order chi connectivity index (χ1) is 9.74. The van der Waals surface area contributed by atoms with E-state index < -0.39 is 0 Å². The van der Waals surface area contributed by atoms with Crippen LogP contribution in [-0.4, -0.2) is 37.7 Å². The van der Waals surface area contributed by atoms with Crippen molar-refractivity contribution in [1.82, 2.24) is 10.2 Å². The third-order valence-corrected chi connectivity index (χ3v) is 3.85. The molecular weight excluding hydrogens is 248 g/mol. The van der Waals surface area contributed by atoms with Gasteiger partial charge in [-0.15, -0.1) is 0 Å². The Bertz CT molecular complexity index is 364. The van der Waals surface area contributed by atoms with Crippen LogP contribution in [0.1, 0.15) is 38.3 Å². The molecule has 0 fully saturated rings. The Hall–Kier alpha value is -0.900. The monoisotopic (exact) mass is 278 g/mol. The molecule has 0 saturated heterocycles. The fourth-order valence-corrected chi connectivity index (χ4v) is 2.35. The quantitative estimate of drug-likeness (QED) is 0.712. The Morgan fingerprint density at radius 1 is 1.10 bits per heavy atom. The highest BCUT2D eigenvalue weighted by Crippen LogP contribution is 2.12. The van der Waals surface area contributed by atoms with Gasteiger partial charge in [0.05, 0.1) is 6.61 Å². The van der Waals surface area contributed by atoms with Crippen LogP contribution in [0.15, 0.2) is 24.3 Å². The molecule has 1 aromatic carbocycles. The maximum absolute atomic E-state index is 5.24. The van der Waals surface area contributed by atoms with Gasteiger partial charge in [-0.05, 0) is 30.6 Å². The zero-order valence-electron chi connectivity index (χ0n) is 13.5. The Kier molecular flexibility index (Phi) is 8.51. The minimum Gasteiger partial charge on any atom is -0.383 e. The third-order valence-electron chi connectivity index (χ3n) is 3.85. The second-order valence-electron chi connectivity index (χ2n) is 5.17. The molecule has 1 unspecified atom stereocenters. The average molecular weight is 278 g/mol. The van der Waals surface area contributed by atoms with E-state index in [0.29, 0.717) is 6.04 Å². The lowest BCUT2D eigenvalue weighted by atomic mass is 10.1. The van der Waals surface area contributed by atoms with Gasteiger partial charge < -0.3 is 10.1 Å². The number of rotatable bonds is 10. The minimum absolute atomic E-state index is 0.432. The van der Waals surface area contributed by atoms with Gasteiger partial charge in [-0.3, -0.25) is 4.90 Å². The molecule has 0 spiro atoms. The van der Waals surface area contributed by atoms with Crippen molar-refractivity contribution in [3.63, 3.8) is 0 Å². The largest absolute Gasteiger partial charge is 0.383 e. The molecular formula is C17H30N2O. The van der Waals surface area contributed by atoms with Gasteiger partial charge in [0.1, 0.15) is 0 Å². The fraction of sp³-hybridized carbons (Fsp3) is 0.647. The summed E-state index contributed by atoms with van der Waals surface area (Å²) in [5.41, 5.74) is 2.82. The lowest BCUT2D eigenvalue weighted by molar-refractivity contribution is 0.163. The van der Waals surface area contributed by atoms with Crippen LogP contribution in [0, 0.1) is 0 Å². The van der Waals surface area contributed by atoms with E-state index in [0.717, 1.165) is 39.2 Å². The molecule has 0 aliphatic carbocycles. The third kappa shape index (κ3) is 5.61. The van der Waals surface area contributed by atoms with Crippen LogP contribution in [0.2, 0.25) is 0 Å². The van der Waals surface area contributed by atoms with Gasteiger partial charge in [0.25, 0.3) is 0 Å². The van der Waals surface area contributed by atoms with Crippen LogP contribution in [0.3, 0.4) is 0 Å². The Labute approximate surface area is 124 Å². The van der Waals surface area contributed by atoms with E-state index in [-0.39, 0.29) is 0 Å². The van der Waals surface area contributed by atoms with E-state index >= 15 is 0 Å². The van der Waals surface area contributed by atoms with E-state index in [1.165, 1.54) is 11.1 Å². The smallest absolute Gasteiger partial charge is 0.0615 e. The van der Waals surface area contributed by atoms with Crippen molar-refractivity contribution >= 4 is 0 Å². The summed E-state index contributed by atoms with van der Waals surface area (Å²) in [5, 5.41) is 3.59. The molecule has 0 saturated carbocycles. The molecule has 1 aromatic rings. The topological polar surface area (TPSA) is 24.5 Å². The van der Waals surface area contributed by atoms with Gasteiger partial charge >= 0.3 is 0 Å². The summed E-state index contributed by atoms with van der Waals surface area (Å²) in [6.07, 6.45) is 1.09. The van der Waals surface area contributed by atoms with E-state index in [1.807, 2.05) is 0 Å². The highest BCUT2D eigenvalue weighted by atomic mass is 16.5. The van der Waals surface area contributed by atoms with E-state index in [2.05, 4.69) is 55.3 Å². The van der Waals surface area contributed by atoms with Crippen molar-refractivity contribution in [2.75, 3.05) is 26.8 Å². The summed E-state index contributed by atoms with van der Waals surface area (Å²) in [6.45, 7) is 11.5. The maximum atomic E-state index is 5.24. The first-order valence-electron chi connectivity index (χ1n) is 7.76. The number of nitrogens with zero attached hydrogens (tertiary/aromatic N) is 1. The minimum atomic E-state index is 0.432. The number of methoxy groups -OCH3 is 1. The number of benzene rings is 1. The van der Waals surface area contributed by atoms with Gasteiger partial charge in [0, 0.05) is 26.2 Å². The summed E-state index contributed by atoms with van der Waals surface area (Å²) in [4.78, 5) is 2.45. The molecule has 0 amide bonds. The summed E-state index contributed by atoms with van der Waals surface area (Å²) >= 11 is 0. The molecule has 0 aromatic heterocycles. The number of ether oxygens (including phenoxy) is 1. The molecule has 0 bridgehead atoms. The van der Waals surface area contributed by atoms with Gasteiger partial charge in [0.15, 0.2) is 0 Å². The SMILES string of the molecule is CCC(COC)NCc1ccccc1CN(CC)CC. The molecule has 3 heteroatoms. The number of hydrogen-bond acceptors (Lipinski definition) is 3. The van der Waals surface area contributed by atoms with Crippen molar-refractivity contribution in [1.29, 1.82) is 0 Å². The standard InChI is InChI=1S/C17H30N2O/c1-5-17(14-20-4)18-12-15-10-8-9-11-16(15)13-19(6-2)7-3/h8-11,17-18H,5-7,12-14H2,1-4H3. The fourth-order valence-electron chi connectivity index (χ4n) is 2.35. The van der Waals surface area contributed by atoms with Crippen molar-refractivity contribution in [2.45, 2.75) is 46.3 Å². The van der Waals surface area contributed by atoms with Gasteiger partial charge in [-0.1, -0.05) is 45.0 Å². The summed E-state index contributed by atoms with van der Waals surface area (Å²) < 4.78 is 5.24.